The van der Waals surface area contributed by atoms with Gasteiger partial charge in [0, 0.05) is 18.2 Å². The van der Waals surface area contributed by atoms with Crippen LogP contribution in [0.25, 0.3) is 0 Å². The van der Waals surface area contributed by atoms with E-state index in [9.17, 15) is 34.6 Å². The Morgan fingerprint density at radius 1 is 0.964 bits per heavy atom. The third-order valence-electron chi connectivity index (χ3n) is 4.01. The number of non-ortho nitro benzene ring substituents is 1. The molecule has 28 heavy (non-hydrogen) atoms. The lowest BCUT2D eigenvalue weighted by molar-refractivity contribution is -0.385. The number of rotatable bonds is 6. The molecule has 0 N–H and O–H groups in total. The van der Waals surface area contributed by atoms with Crippen molar-refractivity contribution in [1.82, 2.24) is 4.90 Å². The van der Waals surface area contributed by atoms with Crippen LogP contribution < -0.4 is 0 Å². The molecule has 0 saturated carbocycles. The van der Waals surface area contributed by atoms with Crippen LogP contribution in [-0.4, -0.2) is 39.1 Å². The van der Waals surface area contributed by atoms with Gasteiger partial charge in [-0.1, -0.05) is 6.07 Å². The third kappa shape index (κ3) is 3.40. The standard InChI is InChI=1S/C17H11N3O8/c21-14(28-9-10-4-6-11(7-5-10)19(24)25)8-18-16(22)12-2-1-3-13(20(26)27)15(12)17(18)23/h1-7H,8-9H2. The van der Waals surface area contributed by atoms with Gasteiger partial charge in [0.25, 0.3) is 23.2 Å². The first-order valence-electron chi connectivity index (χ1n) is 7.82. The maximum atomic E-state index is 12.4. The number of carbonyl (C=O) groups excluding carboxylic acids is 3. The molecule has 3 rings (SSSR count). The number of nitro groups is 2. The molecule has 0 atom stereocenters. The number of fused-ring (bicyclic) bond motifs is 1. The Labute approximate surface area is 156 Å². The van der Waals surface area contributed by atoms with Crippen LogP contribution in [0.4, 0.5) is 11.4 Å². The number of ether oxygens (including phenoxy) is 1. The molecule has 11 heteroatoms. The first-order valence-corrected chi connectivity index (χ1v) is 7.82. The number of hydrogen-bond donors (Lipinski definition) is 0. The van der Waals surface area contributed by atoms with Crippen LogP contribution in [0.15, 0.2) is 42.5 Å². The lowest BCUT2D eigenvalue weighted by Gasteiger charge is -2.13. The number of benzene rings is 2. The van der Waals surface area contributed by atoms with Crippen molar-refractivity contribution in [3.63, 3.8) is 0 Å². The van der Waals surface area contributed by atoms with Crippen LogP contribution in [0, 0.1) is 20.2 Å². The number of carbonyl (C=O) groups is 3. The highest BCUT2D eigenvalue weighted by Gasteiger charge is 2.41. The Hall–Kier alpha value is -4.15. The minimum Gasteiger partial charge on any atom is -0.459 e. The van der Waals surface area contributed by atoms with Crippen molar-refractivity contribution < 1.29 is 29.0 Å². The molecule has 0 bridgehead atoms. The predicted octanol–water partition coefficient (Wildman–Crippen LogP) is 1.84. The third-order valence-corrected chi connectivity index (χ3v) is 4.01. The second-order valence-electron chi connectivity index (χ2n) is 5.74. The SMILES string of the molecule is O=C(CN1C(=O)c2cccc([N+](=O)[O-])c2C1=O)OCc1ccc([N+](=O)[O-])cc1. The lowest BCUT2D eigenvalue weighted by atomic mass is 10.1. The molecular formula is C17H11N3O8. The average molecular weight is 385 g/mol. The normalized spacial score (nSPS) is 12.6. The summed E-state index contributed by atoms with van der Waals surface area (Å²) < 4.78 is 4.97. The first kappa shape index (κ1) is 18.6. The van der Waals surface area contributed by atoms with Gasteiger partial charge in [0.15, 0.2) is 0 Å². The van der Waals surface area contributed by atoms with Crippen LogP contribution in [0.5, 0.6) is 0 Å². The summed E-state index contributed by atoms with van der Waals surface area (Å²) in [6.07, 6.45) is 0. The largest absolute Gasteiger partial charge is 0.459 e. The number of imide groups is 1. The van der Waals surface area contributed by atoms with Gasteiger partial charge in [-0.15, -0.1) is 0 Å². The zero-order valence-corrected chi connectivity index (χ0v) is 14.1. The summed E-state index contributed by atoms with van der Waals surface area (Å²) in [5, 5.41) is 21.7. The van der Waals surface area contributed by atoms with E-state index in [0.717, 1.165) is 6.07 Å². The molecule has 11 nitrogen and oxygen atoms in total. The number of nitrogens with zero attached hydrogens (tertiary/aromatic N) is 3. The highest BCUT2D eigenvalue weighted by molar-refractivity contribution is 6.24. The zero-order chi connectivity index (χ0) is 20.4. The van der Waals surface area contributed by atoms with Crippen molar-refractivity contribution in [2.45, 2.75) is 6.61 Å². The summed E-state index contributed by atoms with van der Waals surface area (Å²) in [5.74, 6) is -2.67. The van der Waals surface area contributed by atoms with Gasteiger partial charge in [0.1, 0.15) is 18.7 Å². The summed E-state index contributed by atoms with van der Waals surface area (Å²) in [4.78, 5) is 57.6. The maximum Gasteiger partial charge on any atom is 0.326 e. The second-order valence-corrected chi connectivity index (χ2v) is 5.74. The first-order chi connectivity index (χ1) is 13.3. The number of nitro benzene ring substituents is 2. The number of hydrogen-bond acceptors (Lipinski definition) is 8. The summed E-state index contributed by atoms with van der Waals surface area (Å²) in [6.45, 7) is -0.934. The maximum absolute atomic E-state index is 12.4. The highest BCUT2D eigenvalue weighted by Crippen LogP contribution is 2.30. The van der Waals surface area contributed by atoms with E-state index < -0.39 is 39.9 Å². The average Bonchev–Trinajstić information content (AvgIpc) is 2.91. The van der Waals surface area contributed by atoms with Gasteiger partial charge in [-0.05, 0) is 23.8 Å². The molecule has 0 saturated heterocycles. The molecule has 0 aliphatic carbocycles. The lowest BCUT2D eigenvalue weighted by Crippen LogP contribution is -2.35. The van der Waals surface area contributed by atoms with E-state index in [4.69, 9.17) is 4.74 Å². The van der Waals surface area contributed by atoms with E-state index >= 15 is 0 Å². The molecule has 0 unspecified atom stereocenters. The monoisotopic (exact) mass is 385 g/mol. The molecular weight excluding hydrogens is 374 g/mol. The molecule has 1 aliphatic rings. The Morgan fingerprint density at radius 2 is 1.64 bits per heavy atom. The fourth-order valence-electron chi connectivity index (χ4n) is 2.66. The van der Waals surface area contributed by atoms with Gasteiger partial charge in [-0.2, -0.15) is 0 Å². The van der Waals surface area contributed by atoms with Gasteiger partial charge >= 0.3 is 5.97 Å². The smallest absolute Gasteiger partial charge is 0.326 e. The van der Waals surface area contributed by atoms with E-state index in [1.165, 1.54) is 36.4 Å². The quantitative estimate of drug-likeness (QED) is 0.316. The Morgan fingerprint density at radius 3 is 2.25 bits per heavy atom. The molecule has 2 aromatic rings. The van der Waals surface area contributed by atoms with Crippen LogP contribution in [0.2, 0.25) is 0 Å². The molecule has 2 aromatic carbocycles. The molecule has 0 spiro atoms. The Kier molecular flexibility index (Phi) is 4.81. The highest BCUT2D eigenvalue weighted by atomic mass is 16.6. The fourth-order valence-corrected chi connectivity index (χ4v) is 2.66. The molecule has 1 aliphatic heterocycles. The van der Waals surface area contributed by atoms with E-state index in [0.29, 0.717) is 10.5 Å². The molecule has 0 radical (unpaired) electrons. The predicted molar refractivity (Wildman–Crippen MR) is 91.4 cm³/mol. The van der Waals surface area contributed by atoms with Crippen LogP contribution >= 0.6 is 0 Å². The number of amides is 2. The van der Waals surface area contributed by atoms with Crippen molar-refractivity contribution in [3.8, 4) is 0 Å². The summed E-state index contributed by atoms with van der Waals surface area (Å²) in [6, 6.07) is 8.93. The Balaban J connectivity index is 1.67. The minimum atomic E-state index is -0.945. The van der Waals surface area contributed by atoms with Crippen molar-refractivity contribution >= 4 is 29.2 Å². The Bertz CT molecular complexity index is 1020. The van der Waals surface area contributed by atoms with Gasteiger partial charge in [-0.3, -0.25) is 39.5 Å². The number of esters is 1. The fraction of sp³-hybridized carbons (Fsp3) is 0.118. The second kappa shape index (κ2) is 7.23. The van der Waals surface area contributed by atoms with Crippen LogP contribution in [0.3, 0.4) is 0 Å². The van der Waals surface area contributed by atoms with Gasteiger partial charge in [0.05, 0.1) is 15.4 Å². The van der Waals surface area contributed by atoms with Gasteiger partial charge in [0.2, 0.25) is 0 Å². The topological polar surface area (TPSA) is 150 Å². The zero-order valence-electron chi connectivity index (χ0n) is 14.1. The molecule has 142 valence electrons. The molecule has 0 aromatic heterocycles. The van der Waals surface area contributed by atoms with Gasteiger partial charge < -0.3 is 4.74 Å². The molecule has 1 heterocycles. The van der Waals surface area contributed by atoms with Crippen LogP contribution in [0.1, 0.15) is 26.3 Å². The summed E-state index contributed by atoms with van der Waals surface area (Å²) >= 11 is 0. The molecule has 0 fully saturated rings. The van der Waals surface area contributed by atoms with E-state index in [1.807, 2.05) is 0 Å². The van der Waals surface area contributed by atoms with E-state index in [-0.39, 0.29) is 23.4 Å². The van der Waals surface area contributed by atoms with Crippen molar-refractivity contribution in [3.05, 3.63) is 79.4 Å². The minimum absolute atomic E-state index is 0.123. The van der Waals surface area contributed by atoms with Gasteiger partial charge in [-0.25, -0.2) is 0 Å². The van der Waals surface area contributed by atoms with E-state index in [2.05, 4.69) is 0 Å². The van der Waals surface area contributed by atoms with E-state index in [1.54, 1.807) is 0 Å². The molecule has 2 amide bonds. The van der Waals surface area contributed by atoms with Crippen molar-refractivity contribution in [2.24, 2.45) is 0 Å². The van der Waals surface area contributed by atoms with Crippen molar-refractivity contribution in [1.29, 1.82) is 0 Å². The summed E-state index contributed by atoms with van der Waals surface area (Å²) in [7, 11) is 0. The van der Waals surface area contributed by atoms with Crippen molar-refractivity contribution in [2.75, 3.05) is 6.54 Å². The van der Waals surface area contributed by atoms with Crippen LogP contribution in [-0.2, 0) is 16.1 Å². The summed E-state index contributed by atoms with van der Waals surface area (Å²) in [5.41, 5.74) is -0.680.